The Morgan fingerprint density at radius 1 is 1.29 bits per heavy atom. The highest BCUT2D eigenvalue weighted by Crippen LogP contribution is 2.22. The van der Waals surface area contributed by atoms with E-state index in [9.17, 15) is 5.11 Å². The molecule has 0 aliphatic heterocycles. The molecule has 1 heterocycles. The fourth-order valence-electron chi connectivity index (χ4n) is 1.51. The average Bonchev–Trinajstić information content (AvgIpc) is 2.68. The highest BCUT2D eigenvalue weighted by Gasteiger charge is 2.02. The highest BCUT2D eigenvalue weighted by molar-refractivity contribution is 7.11. The van der Waals surface area contributed by atoms with Gasteiger partial charge in [0.05, 0.1) is 5.01 Å². The van der Waals surface area contributed by atoms with Crippen molar-refractivity contribution in [1.29, 1.82) is 0 Å². The van der Waals surface area contributed by atoms with E-state index >= 15 is 0 Å². The zero-order valence-electron chi connectivity index (χ0n) is 9.47. The quantitative estimate of drug-likeness (QED) is 0.778. The summed E-state index contributed by atoms with van der Waals surface area (Å²) in [5, 5.41) is 23.0. The normalized spacial score (nSPS) is 10.6. The molecule has 0 unspecified atom stereocenters. The van der Waals surface area contributed by atoms with Crippen LogP contribution in [0.1, 0.15) is 15.4 Å². The van der Waals surface area contributed by atoms with Crippen LogP contribution in [0.5, 0.6) is 11.5 Å². The summed E-state index contributed by atoms with van der Waals surface area (Å²) in [5.41, 5.74) is 0.768. The second-order valence-electron chi connectivity index (χ2n) is 3.76. The lowest BCUT2D eigenvalue weighted by Gasteiger charge is -2.05. The van der Waals surface area contributed by atoms with Gasteiger partial charge in [-0.15, -0.1) is 11.3 Å². The lowest BCUT2D eigenvalue weighted by Crippen LogP contribution is -2.11. The SMILES string of the molecule is Cc1ncc(CNCc2ccc(O)cc2O)s1. The third-order valence-corrected chi connectivity index (χ3v) is 3.27. The molecule has 0 saturated heterocycles. The first kappa shape index (κ1) is 11.9. The number of hydrogen-bond donors (Lipinski definition) is 3. The van der Waals surface area contributed by atoms with Crippen LogP contribution in [0.3, 0.4) is 0 Å². The van der Waals surface area contributed by atoms with E-state index in [-0.39, 0.29) is 11.5 Å². The first-order chi connectivity index (χ1) is 8.15. The molecule has 1 aromatic heterocycles. The second kappa shape index (κ2) is 5.16. The maximum Gasteiger partial charge on any atom is 0.123 e. The number of aromatic nitrogens is 1. The molecule has 2 aromatic rings. The third kappa shape index (κ3) is 3.18. The Hall–Kier alpha value is -1.59. The van der Waals surface area contributed by atoms with Crippen molar-refractivity contribution in [3.8, 4) is 11.5 Å². The van der Waals surface area contributed by atoms with Crippen LogP contribution in [0, 0.1) is 6.92 Å². The average molecular weight is 250 g/mol. The number of rotatable bonds is 4. The minimum atomic E-state index is 0.0735. The first-order valence-corrected chi connectivity index (χ1v) is 6.09. The molecule has 0 radical (unpaired) electrons. The molecular formula is C12H14N2O2S. The molecule has 0 spiro atoms. The van der Waals surface area contributed by atoms with Crippen molar-refractivity contribution in [3.05, 3.63) is 39.8 Å². The molecule has 0 amide bonds. The van der Waals surface area contributed by atoms with Gasteiger partial charge in [-0.3, -0.25) is 0 Å². The fraction of sp³-hybridized carbons (Fsp3) is 0.250. The van der Waals surface area contributed by atoms with E-state index in [1.165, 1.54) is 10.9 Å². The molecule has 0 atom stereocenters. The van der Waals surface area contributed by atoms with E-state index in [2.05, 4.69) is 10.3 Å². The summed E-state index contributed by atoms with van der Waals surface area (Å²) >= 11 is 1.65. The Morgan fingerprint density at radius 2 is 2.12 bits per heavy atom. The van der Waals surface area contributed by atoms with E-state index in [1.54, 1.807) is 23.5 Å². The van der Waals surface area contributed by atoms with Crippen LogP contribution in [-0.2, 0) is 13.1 Å². The number of phenolic OH excluding ortho intramolecular Hbond substituents is 2. The van der Waals surface area contributed by atoms with Gasteiger partial charge in [0.2, 0.25) is 0 Å². The van der Waals surface area contributed by atoms with Crippen molar-refractivity contribution >= 4 is 11.3 Å². The molecule has 0 fully saturated rings. The number of aryl methyl sites for hydroxylation is 1. The summed E-state index contributed by atoms with van der Waals surface area (Å²) in [7, 11) is 0. The van der Waals surface area contributed by atoms with Crippen LogP contribution < -0.4 is 5.32 Å². The number of phenols is 2. The smallest absolute Gasteiger partial charge is 0.123 e. The fourth-order valence-corrected chi connectivity index (χ4v) is 2.27. The van der Waals surface area contributed by atoms with Crippen LogP contribution in [0.15, 0.2) is 24.4 Å². The van der Waals surface area contributed by atoms with E-state index in [0.29, 0.717) is 6.54 Å². The summed E-state index contributed by atoms with van der Waals surface area (Å²) in [6, 6.07) is 4.61. The molecule has 0 aliphatic rings. The van der Waals surface area contributed by atoms with Crippen LogP contribution in [0.2, 0.25) is 0 Å². The molecule has 17 heavy (non-hydrogen) atoms. The van der Waals surface area contributed by atoms with Gasteiger partial charge in [0.1, 0.15) is 11.5 Å². The third-order valence-electron chi connectivity index (χ3n) is 2.35. The number of aromatic hydroxyl groups is 2. The minimum Gasteiger partial charge on any atom is -0.508 e. The van der Waals surface area contributed by atoms with Crippen LogP contribution in [-0.4, -0.2) is 15.2 Å². The standard InChI is InChI=1S/C12H14N2O2S/c1-8-14-7-11(17-8)6-13-5-9-2-3-10(15)4-12(9)16/h2-4,7,13,15-16H,5-6H2,1H3. The summed E-state index contributed by atoms with van der Waals surface area (Å²) < 4.78 is 0. The van der Waals surface area contributed by atoms with Crippen molar-refractivity contribution in [2.75, 3.05) is 0 Å². The van der Waals surface area contributed by atoms with Gasteiger partial charge in [0, 0.05) is 35.8 Å². The lowest BCUT2D eigenvalue weighted by atomic mass is 10.2. The van der Waals surface area contributed by atoms with Gasteiger partial charge in [-0.2, -0.15) is 0 Å². The van der Waals surface area contributed by atoms with E-state index in [4.69, 9.17) is 5.11 Å². The second-order valence-corrected chi connectivity index (χ2v) is 5.08. The Morgan fingerprint density at radius 3 is 2.76 bits per heavy atom. The lowest BCUT2D eigenvalue weighted by molar-refractivity contribution is 0.443. The van der Waals surface area contributed by atoms with Crippen molar-refractivity contribution in [1.82, 2.24) is 10.3 Å². The topological polar surface area (TPSA) is 65.4 Å². The van der Waals surface area contributed by atoms with E-state index in [1.807, 2.05) is 13.1 Å². The molecule has 2 rings (SSSR count). The summed E-state index contributed by atoms with van der Waals surface area (Å²) in [4.78, 5) is 5.33. The predicted molar refractivity (Wildman–Crippen MR) is 67.2 cm³/mol. The summed E-state index contributed by atoms with van der Waals surface area (Å²) in [6.45, 7) is 3.26. The molecule has 0 saturated carbocycles. The van der Waals surface area contributed by atoms with Crippen molar-refractivity contribution in [2.45, 2.75) is 20.0 Å². The zero-order chi connectivity index (χ0) is 12.3. The maximum absolute atomic E-state index is 9.58. The monoisotopic (exact) mass is 250 g/mol. The van der Waals surface area contributed by atoms with Gasteiger partial charge in [-0.05, 0) is 13.0 Å². The summed E-state index contributed by atoms with van der Waals surface area (Å²) in [5.74, 6) is 0.183. The number of nitrogens with one attached hydrogen (secondary N) is 1. The molecule has 1 aromatic carbocycles. The van der Waals surface area contributed by atoms with Gasteiger partial charge >= 0.3 is 0 Å². The Balaban J connectivity index is 1.90. The van der Waals surface area contributed by atoms with Gasteiger partial charge < -0.3 is 15.5 Å². The van der Waals surface area contributed by atoms with Gasteiger partial charge in [0.25, 0.3) is 0 Å². The molecule has 5 heteroatoms. The molecule has 90 valence electrons. The van der Waals surface area contributed by atoms with Gasteiger partial charge in [0.15, 0.2) is 0 Å². The van der Waals surface area contributed by atoms with Crippen LogP contribution in [0.25, 0.3) is 0 Å². The van der Waals surface area contributed by atoms with Crippen molar-refractivity contribution in [2.24, 2.45) is 0 Å². The zero-order valence-corrected chi connectivity index (χ0v) is 10.3. The van der Waals surface area contributed by atoms with Crippen LogP contribution >= 0.6 is 11.3 Å². The largest absolute Gasteiger partial charge is 0.508 e. The molecule has 0 aliphatic carbocycles. The van der Waals surface area contributed by atoms with Gasteiger partial charge in [-0.25, -0.2) is 4.98 Å². The van der Waals surface area contributed by atoms with Crippen molar-refractivity contribution < 1.29 is 10.2 Å². The minimum absolute atomic E-state index is 0.0735. The Labute approximate surface area is 104 Å². The maximum atomic E-state index is 9.58. The number of thiazole rings is 1. The van der Waals surface area contributed by atoms with Crippen molar-refractivity contribution in [3.63, 3.8) is 0 Å². The number of nitrogens with zero attached hydrogens (tertiary/aromatic N) is 1. The highest BCUT2D eigenvalue weighted by atomic mass is 32.1. The van der Waals surface area contributed by atoms with E-state index in [0.717, 1.165) is 17.1 Å². The Bertz CT molecular complexity index is 511. The predicted octanol–water partition coefficient (Wildman–Crippen LogP) is 2.15. The van der Waals surface area contributed by atoms with Crippen LogP contribution in [0.4, 0.5) is 0 Å². The molecule has 3 N–H and O–H groups in total. The van der Waals surface area contributed by atoms with E-state index < -0.39 is 0 Å². The summed E-state index contributed by atoms with van der Waals surface area (Å²) in [6.07, 6.45) is 1.85. The van der Waals surface area contributed by atoms with Gasteiger partial charge in [-0.1, -0.05) is 6.07 Å². The molecule has 4 nitrogen and oxygen atoms in total. The molecule has 0 bridgehead atoms. The Kier molecular flexibility index (Phi) is 3.61. The number of benzene rings is 1. The number of hydrogen-bond acceptors (Lipinski definition) is 5. The first-order valence-electron chi connectivity index (χ1n) is 5.28. The molecular weight excluding hydrogens is 236 g/mol.